The zero-order valence-corrected chi connectivity index (χ0v) is 12.3. The van der Waals surface area contributed by atoms with Gasteiger partial charge in [-0.25, -0.2) is 0 Å². The summed E-state index contributed by atoms with van der Waals surface area (Å²) in [6.07, 6.45) is -3.09. The molecule has 1 N–H and O–H groups in total. The Hall–Kier alpha value is -2.49. The molecule has 1 fully saturated rings. The quantitative estimate of drug-likeness (QED) is 0.680. The Kier molecular flexibility index (Phi) is 4.22. The second-order valence-electron chi connectivity index (χ2n) is 5.47. The lowest BCUT2D eigenvalue weighted by atomic mass is 9.98. The highest BCUT2D eigenvalue weighted by Gasteiger charge is 2.34. The Morgan fingerprint density at radius 3 is 2.62 bits per heavy atom. The van der Waals surface area contributed by atoms with E-state index in [1.54, 1.807) is 0 Å². The molecule has 128 valence electrons. The van der Waals surface area contributed by atoms with E-state index in [0.717, 1.165) is 38.1 Å². The summed E-state index contributed by atoms with van der Waals surface area (Å²) in [5.74, 6) is 0.311. The highest BCUT2D eigenvalue weighted by Crippen LogP contribution is 2.36. The van der Waals surface area contributed by atoms with Gasteiger partial charge >= 0.3 is 6.18 Å². The third-order valence-corrected chi connectivity index (χ3v) is 3.89. The van der Waals surface area contributed by atoms with Crippen molar-refractivity contribution in [2.75, 3.05) is 13.1 Å². The monoisotopic (exact) mass is 342 g/mol. The standard InChI is InChI=1S/C14H13F3N4O3/c15-14(16,17)9-1-2-10(11(7-9)21(22)23)12-19-13(24-20-12)8-3-5-18-6-4-8/h1-2,7-8,18H,3-6H2. The van der Waals surface area contributed by atoms with Crippen molar-refractivity contribution < 1.29 is 22.6 Å². The number of hydrogen-bond acceptors (Lipinski definition) is 6. The molecule has 1 aliphatic heterocycles. The Morgan fingerprint density at radius 2 is 2.00 bits per heavy atom. The highest BCUT2D eigenvalue weighted by molar-refractivity contribution is 5.68. The summed E-state index contributed by atoms with van der Waals surface area (Å²) < 4.78 is 43.4. The Bertz CT molecular complexity index is 754. The van der Waals surface area contributed by atoms with Gasteiger partial charge in [0.2, 0.25) is 11.7 Å². The summed E-state index contributed by atoms with van der Waals surface area (Å²) in [6, 6.07) is 2.25. The molecule has 3 rings (SSSR count). The van der Waals surface area contributed by atoms with Gasteiger partial charge in [-0.3, -0.25) is 10.1 Å². The van der Waals surface area contributed by atoms with Crippen molar-refractivity contribution >= 4 is 5.69 Å². The lowest BCUT2D eigenvalue weighted by molar-refractivity contribution is -0.384. The van der Waals surface area contributed by atoms with Crippen molar-refractivity contribution in [3.63, 3.8) is 0 Å². The molecule has 0 unspecified atom stereocenters. The number of benzene rings is 1. The number of rotatable bonds is 3. The van der Waals surface area contributed by atoms with Gasteiger partial charge in [0.05, 0.1) is 10.5 Å². The second kappa shape index (κ2) is 6.19. The third-order valence-electron chi connectivity index (χ3n) is 3.89. The van der Waals surface area contributed by atoms with Crippen LogP contribution in [0.2, 0.25) is 0 Å². The van der Waals surface area contributed by atoms with E-state index in [4.69, 9.17) is 4.52 Å². The normalized spacial score (nSPS) is 16.3. The van der Waals surface area contributed by atoms with Gasteiger partial charge in [-0.05, 0) is 38.1 Å². The number of halogens is 3. The molecular formula is C14H13F3N4O3. The summed E-state index contributed by atoms with van der Waals surface area (Å²) in [5.41, 5.74) is -1.90. The van der Waals surface area contributed by atoms with Crippen LogP contribution in [-0.2, 0) is 6.18 Å². The van der Waals surface area contributed by atoms with Crippen molar-refractivity contribution in [3.05, 3.63) is 39.8 Å². The number of nitro groups is 1. The van der Waals surface area contributed by atoms with Gasteiger partial charge in [-0.1, -0.05) is 5.16 Å². The van der Waals surface area contributed by atoms with E-state index in [9.17, 15) is 23.3 Å². The molecule has 0 atom stereocenters. The number of nitrogens with zero attached hydrogens (tertiary/aromatic N) is 3. The van der Waals surface area contributed by atoms with Crippen LogP contribution in [-0.4, -0.2) is 28.2 Å². The first-order chi connectivity index (χ1) is 11.4. The zero-order valence-electron chi connectivity index (χ0n) is 12.3. The predicted octanol–water partition coefficient (Wildman–Crippen LogP) is 3.13. The van der Waals surface area contributed by atoms with Crippen molar-refractivity contribution in [2.24, 2.45) is 0 Å². The Balaban J connectivity index is 1.97. The van der Waals surface area contributed by atoms with Crippen LogP contribution in [0.3, 0.4) is 0 Å². The minimum absolute atomic E-state index is 0.0426. The summed E-state index contributed by atoms with van der Waals surface area (Å²) >= 11 is 0. The molecule has 1 aliphatic rings. The van der Waals surface area contributed by atoms with Crippen LogP contribution in [0.15, 0.2) is 22.7 Å². The van der Waals surface area contributed by atoms with Crippen LogP contribution >= 0.6 is 0 Å². The molecule has 1 aromatic carbocycles. The molecule has 0 spiro atoms. The number of nitro benzene ring substituents is 1. The molecule has 0 aliphatic carbocycles. The maximum absolute atomic E-state index is 12.7. The highest BCUT2D eigenvalue weighted by atomic mass is 19.4. The molecular weight excluding hydrogens is 329 g/mol. The number of aromatic nitrogens is 2. The third kappa shape index (κ3) is 3.23. The summed E-state index contributed by atoms with van der Waals surface area (Å²) in [4.78, 5) is 14.4. The first-order valence-corrected chi connectivity index (χ1v) is 7.26. The van der Waals surface area contributed by atoms with Crippen LogP contribution in [0.5, 0.6) is 0 Å². The lowest BCUT2D eigenvalue weighted by Gasteiger charge is -2.18. The summed E-state index contributed by atoms with van der Waals surface area (Å²) in [6.45, 7) is 1.59. The zero-order chi connectivity index (χ0) is 17.3. The molecule has 1 saturated heterocycles. The van der Waals surface area contributed by atoms with Gasteiger partial charge in [-0.2, -0.15) is 18.2 Å². The van der Waals surface area contributed by atoms with E-state index >= 15 is 0 Å². The molecule has 10 heteroatoms. The van der Waals surface area contributed by atoms with Gasteiger partial charge in [-0.15, -0.1) is 0 Å². The number of alkyl halides is 3. The molecule has 2 heterocycles. The van der Waals surface area contributed by atoms with Crippen LogP contribution in [0.4, 0.5) is 18.9 Å². The average molecular weight is 342 g/mol. The van der Waals surface area contributed by atoms with E-state index < -0.39 is 22.4 Å². The molecule has 0 bridgehead atoms. The topological polar surface area (TPSA) is 94.1 Å². The summed E-state index contributed by atoms with van der Waals surface area (Å²) in [5, 5.41) is 18.0. The number of piperidine rings is 1. The van der Waals surface area contributed by atoms with Crippen LogP contribution in [0.1, 0.15) is 30.2 Å². The van der Waals surface area contributed by atoms with Crippen LogP contribution in [0, 0.1) is 10.1 Å². The van der Waals surface area contributed by atoms with Gasteiger partial charge in [0.15, 0.2) is 0 Å². The fourth-order valence-corrected chi connectivity index (χ4v) is 2.63. The maximum atomic E-state index is 12.7. The van der Waals surface area contributed by atoms with Crippen molar-refractivity contribution in [3.8, 4) is 11.4 Å². The van der Waals surface area contributed by atoms with Gasteiger partial charge in [0.1, 0.15) is 5.56 Å². The molecule has 2 aromatic rings. The minimum atomic E-state index is -4.67. The van der Waals surface area contributed by atoms with Gasteiger partial charge < -0.3 is 9.84 Å². The fourth-order valence-electron chi connectivity index (χ4n) is 2.63. The number of hydrogen-bond donors (Lipinski definition) is 1. The lowest BCUT2D eigenvalue weighted by Crippen LogP contribution is -2.26. The van der Waals surface area contributed by atoms with Crippen molar-refractivity contribution in [1.29, 1.82) is 0 Å². The molecule has 0 saturated carbocycles. The molecule has 7 nitrogen and oxygen atoms in total. The summed E-state index contributed by atoms with van der Waals surface area (Å²) in [7, 11) is 0. The van der Waals surface area contributed by atoms with Crippen molar-refractivity contribution in [2.45, 2.75) is 24.9 Å². The molecule has 1 aromatic heterocycles. The van der Waals surface area contributed by atoms with E-state index in [1.807, 2.05) is 0 Å². The Labute approximate surface area is 134 Å². The van der Waals surface area contributed by atoms with Gasteiger partial charge in [0.25, 0.3) is 5.69 Å². The largest absolute Gasteiger partial charge is 0.416 e. The number of nitrogens with one attached hydrogen (secondary N) is 1. The Morgan fingerprint density at radius 1 is 1.29 bits per heavy atom. The van der Waals surface area contributed by atoms with E-state index in [2.05, 4.69) is 15.5 Å². The molecule has 0 radical (unpaired) electrons. The van der Waals surface area contributed by atoms with Gasteiger partial charge in [0, 0.05) is 12.0 Å². The first-order valence-electron chi connectivity index (χ1n) is 7.26. The molecule has 0 amide bonds. The second-order valence-corrected chi connectivity index (χ2v) is 5.47. The fraction of sp³-hybridized carbons (Fsp3) is 0.429. The molecule has 24 heavy (non-hydrogen) atoms. The maximum Gasteiger partial charge on any atom is 0.416 e. The smallest absolute Gasteiger partial charge is 0.339 e. The van der Waals surface area contributed by atoms with Crippen LogP contribution in [0.25, 0.3) is 11.4 Å². The first kappa shape index (κ1) is 16.4. The van der Waals surface area contributed by atoms with E-state index in [0.29, 0.717) is 12.0 Å². The average Bonchev–Trinajstić information content (AvgIpc) is 3.04. The minimum Gasteiger partial charge on any atom is -0.339 e. The van der Waals surface area contributed by atoms with E-state index in [1.165, 1.54) is 0 Å². The van der Waals surface area contributed by atoms with Crippen LogP contribution < -0.4 is 5.32 Å². The van der Waals surface area contributed by atoms with E-state index in [-0.39, 0.29) is 17.3 Å². The SMILES string of the molecule is O=[N+]([O-])c1cc(C(F)(F)F)ccc1-c1noc(C2CCNCC2)n1. The predicted molar refractivity (Wildman–Crippen MR) is 76.2 cm³/mol. The van der Waals surface area contributed by atoms with Crippen molar-refractivity contribution in [1.82, 2.24) is 15.5 Å².